The van der Waals surface area contributed by atoms with E-state index in [1.165, 1.54) is 11.5 Å². The molecule has 104 valence electrons. The highest BCUT2D eigenvalue weighted by molar-refractivity contribution is 7.99. The zero-order valence-corrected chi connectivity index (χ0v) is 11.3. The fraction of sp³-hybridized carbons (Fsp3) is 0.818. The summed E-state index contributed by atoms with van der Waals surface area (Å²) in [4.78, 5) is 23.9. The molecule has 2 amide bonds. The van der Waals surface area contributed by atoms with Gasteiger partial charge < -0.3 is 15.7 Å². The molecule has 1 rings (SSSR count). The van der Waals surface area contributed by atoms with Crippen LogP contribution in [0.3, 0.4) is 0 Å². The van der Waals surface area contributed by atoms with E-state index in [2.05, 4.69) is 15.5 Å². The van der Waals surface area contributed by atoms with Gasteiger partial charge in [0.25, 0.3) is 0 Å². The first-order valence-corrected chi connectivity index (χ1v) is 7.37. The van der Waals surface area contributed by atoms with E-state index >= 15 is 0 Å². The number of hydrogen-bond acceptors (Lipinski definition) is 4. The van der Waals surface area contributed by atoms with Crippen molar-refractivity contribution in [3.63, 3.8) is 0 Å². The van der Waals surface area contributed by atoms with Crippen LogP contribution in [0, 0.1) is 0 Å². The van der Waals surface area contributed by atoms with E-state index in [9.17, 15) is 9.59 Å². The van der Waals surface area contributed by atoms with Crippen molar-refractivity contribution in [1.29, 1.82) is 0 Å². The van der Waals surface area contributed by atoms with Crippen molar-refractivity contribution >= 4 is 23.8 Å². The highest BCUT2D eigenvalue weighted by Crippen LogP contribution is 2.07. The summed E-state index contributed by atoms with van der Waals surface area (Å²) in [6.07, 6.45) is 0.553. The fourth-order valence-corrected chi connectivity index (χ4v) is 2.64. The summed E-state index contributed by atoms with van der Waals surface area (Å²) in [5.74, 6) is 1.50. The number of thioether (sulfide) groups is 1. The molecule has 6 nitrogen and oxygen atoms in total. The monoisotopic (exact) mass is 275 g/mol. The van der Waals surface area contributed by atoms with Gasteiger partial charge in [0.2, 0.25) is 0 Å². The Labute approximate surface area is 111 Å². The number of urea groups is 1. The molecule has 0 unspecified atom stereocenters. The molecule has 0 spiro atoms. The second kappa shape index (κ2) is 9.04. The molecule has 1 saturated heterocycles. The predicted molar refractivity (Wildman–Crippen MR) is 72.0 cm³/mol. The van der Waals surface area contributed by atoms with Gasteiger partial charge in [0, 0.05) is 50.7 Å². The molecule has 1 heterocycles. The van der Waals surface area contributed by atoms with Crippen LogP contribution >= 0.6 is 11.8 Å². The molecule has 7 heteroatoms. The third-order valence-corrected chi connectivity index (χ3v) is 3.61. The molecule has 0 bridgehead atoms. The molecular weight excluding hydrogens is 254 g/mol. The number of rotatable bonds is 7. The summed E-state index contributed by atoms with van der Waals surface area (Å²) >= 11 is 1.97. The van der Waals surface area contributed by atoms with Gasteiger partial charge in [-0.3, -0.25) is 9.69 Å². The van der Waals surface area contributed by atoms with Gasteiger partial charge in [0.05, 0.1) is 0 Å². The number of nitrogens with one attached hydrogen (secondary N) is 2. The largest absolute Gasteiger partial charge is 0.481 e. The minimum absolute atomic E-state index is 0.0890. The van der Waals surface area contributed by atoms with E-state index in [4.69, 9.17) is 5.11 Å². The Bertz CT molecular complexity index is 270. The summed E-state index contributed by atoms with van der Waals surface area (Å²) in [7, 11) is 0. The molecule has 1 aliphatic rings. The van der Waals surface area contributed by atoms with Gasteiger partial charge in [-0.15, -0.1) is 0 Å². The van der Waals surface area contributed by atoms with E-state index in [0.717, 1.165) is 19.6 Å². The number of carbonyl (C=O) groups excluding carboxylic acids is 1. The van der Waals surface area contributed by atoms with Crippen molar-refractivity contribution in [2.45, 2.75) is 12.8 Å². The van der Waals surface area contributed by atoms with Crippen LogP contribution in [0.5, 0.6) is 0 Å². The van der Waals surface area contributed by atoms with Gasteiger partial charge in [-0.2, -0.15) is 11.8 Å². The number of carboxylic acid groups (broad SMARTS) is 1. The Morgan fingerprint density at radius 3 is 2.50 bits per heavy atom. The second-order valence-corrected chi connectivity index (χ2v) is 5.36. The highest BCUT2D eigenvalue weighted by Gasteiger charge is 2.09. The molecule has 0 radical (unpaired) electrons. The lowest BCUT2D eigenvalue weighted by Gasteiger charge is -2.25. The van der Waals surface area contributed by atoms with Crippen LogP contribution in [-0.2, 0) is 4.79 Å². The molecule has 1 aliphatic heterocycles. The third-order valence-electron chi connectivity index (χ3n) is 2.67. The fourth-order valence-electron chi connectivity index (χ4n) is 1.66. The lowest BCUT2D eigenvalue weighted by Crippen LogP contribution is -2.42. The van der Waals surface area contributed by atoms with E-state index in [1.54, 1.807) is 0 Å². The average Bonchev–Trinajstić information content (AvgIpc) is 2.36. The molecule has 18 heavy (non-hydrogen) atoms. The lowest BCUT2D eigenvalue weighted by atomic mass is 10.3. The molecule has 0 aromatic carbocycles. The first-order valence-electron chi connectivity index (χ1n) is 6.22. The molecule has 0 atom stereocenters. The van der Waals surface area contributed by atoms with Crippen LogP contribution < -0.4 is 10.6 Å². The minimum Gasteiger partial charge on any atom is -0.481 e. The number of carbonyl (C=O) groups is 2. The van der Waals surface area contributed by atoms with Crippen LogP contribution in [0.4, 0.5) is 4.79 Å². The molecule has 3 N–H and O–H groups in total. The Kier molecular flexibility index (Phi) is 7.59. The maximum absolute atomic E-state index is 11.3. The van der Waals surface area contributed by atoms with Crippen molar-refractivity contribution in [3.05, 3.63) is 0 Å². The van der Waals surface area contributed by atoms with Gasteiger partial charge in [-0.05, 0) is 6.42 Å². The normalized spacial score (nSPS) is 16.2. The number of hydrogen-bond donors (Lipinski definition) is 3. The lowest BCUT2D eigenvalue weighted by molar-refractivity contribution is -0.137. The van der Waals surface area contributed by atoms with E-state index in [1.807, 2.05) is 11.8 Å². The van der Waals surface area contributed by atoms with Crippen LogP contribution in [-0.4, -0.2) is 66.2 Å². The molecule has 0 aliphatic carbocycles. The minimum atomic E-state index is -0.833. The van der Waals surface area contributed by atoms with Crippen LogP contribution in [0.25, 0.3) is 0 Å². The van der Waals surface area contributed by atoms with Crippen LogP contribution in [0.1, 0.15) is 12.8 Å². The number of nitrogens with zero attached hydrogens (tertiary/aromatic N) is 1. The Morgan fingerprint density at radius 2 is 1.83 bits per heavy atom. The van der Waals surface area contributed by atoms with Gasteiger partial charge in [-0.1, -0.05) is 0 Å². The van der Waals surface area contributed by atoms with Gasteiger partial charge in [0.1, 0.15) is 0 Å². The molecule has 0 aromatic rings. The Morgan fingerprint density at radius 1 is 1.17 bits per heavy atom. The van der Waals surface area contributed by atoms with Gasteiger partial charge in [0.15, 0.2) is 0 Å². The summed E-state index contributed by atoms with van der Waals surface area (Å²) in [6, 6.07) is -0.216. The Balaban J connectivity index is 1.94. The van der Waals surface area contributed by atoms with Crippen molar-refractivity contribution in [2.75, 3.05) is 44.2 Å². The SMILES string of the molecule is O=C(O)CCCNC(=O)NCCN1CCSCC1. The third kappa shape index (κ3) is 7.39. The van der Waals surface area contributed by atoms with Crippen molar-refractivity contribution in [1.82, 2.24) is 15.5 Å². The smallest absolute Gasteiger partial charge is 0.314 e. The molecule has 1 fully saturated rings. The first-order chi connectivity index (χ1) is 8.68. The van der Waals surface area contributed by atoms with Crippen molar-refractivity contribution < 1.29 is 14.7 Å². The quantitative estimate of drug-likeness (QED) is 0.578. The second-order valence-electron chi connectivity index (χ2n) is 4.13. The average molecular weight is 275 g/mol. The standard InChI is InChI=1S/C11H21N3O3S/c15-10(16)2-1-3-12-11(17)13-4-5-14-6-8-18-9-7-14/h1-9H2,(H,15,16)(H2,12,13,17). The van der Waals surface area contributed by atoms with Crippen LogP contribution in [0.15, 0.2) is 0 Å². The summed E-state index contributed by atoms with van der Waals surface area (Å²) in [6.45, 7) is 4.09. The first kappa shape index (κ1) is 15.1. The summed E-state index contributed by atoms with van der Waals surface area (Å²) in [5.41, 5.74) is 0. The molecule has 0 aromatic heterocycles. The van der Waals surface area contributed by atoms with E-state index < -0.39 is 5.97 Å². The maximum atomic E-state index is 11.3. The van der Waals surface area contributed by atoms with Gasteiger partial charge in [-0.25, -0.2) is 4.79 Å². The van der Waals surface area contributed by atoms with E-state index in [0.29, 0.717) is 19.5 Å². The van der Waals surface area contributed by atoms with Gasteiger partial charge >= 0.3 is 12.0 Å². The van der Waals surface area contributed by atoms with E-state index in [-0.39, 0.29) is 12.5 Å². The number of amides is 2. The van der Waals surface area contributed by atoms with Crippen molar-refractivity contribution in [3.8, 4) is 0 Å². The highest BCUT2D eigenvalue weighted by atomic mass is 32.2. The number of carboxylic acids is 1. The molecular formula is C11H21N3O3S. The zero-order chi connectivity index (χ0) is 13.2. The van der Waals surface area contributed by atoms with Crippen molar-refractivity contribution in [2.24, 2.45) is 0 Å². The Hall–Kier alpha value is -0.950. The molecule has 0 saturated carbocycles. The topological polar surface area (TPSA) is 81.7 Å². The predicted octanol–water partition coefficient (Wildman–Crippen LogP) is 0.199. The zero-order valence-electron chi connectivity index (χ0n) is 10.5. The maximum Gasteiger partial charge on any atom is 0.314 e. The van der Waals surface area contributed by atoms with Crippen LogP contribution in [0.2, 0.25) is 0 Å². The summed E-state index contributed by atoms with van der Waals surface area (Å²) in [5, 5.41) is 13.8. The number of aliphatic carboxylic acids is 1. The summed E-state index contributed by atoms with van der Waals surface area (Å²) < 4.78 is 0.